The van der Waals surface area contributed by atoms with Crippen molar-refractivity contribution in [2.75, 3.05) is 19.1 Å². The number of hydrogen-bond acceptors (Lipinski definition) is 6. The molecule has 2 amide bonds. The monoisotopic (exact) mass is 513 g/mol. The highest BCUT2D eigenvalue weighted by atomic mass is 16.5. The van der Waals surface area contributed by atoms with E-state index in [0.717, 1.165) is 31.2 Å². The van der Waals surface area contributed by atoms with Gasteiger partial charge in [0.1, 0.15) is 18.1 Å². The molecule has 0 spiro atoms. The molecule has 1 atom stereocenters. The van der Waals surface area contributed by atoms with Gasteiger partial charge in [-0.2, -0.15) is 0 Å². The number of nitrogens with zero attached hydrogens (tertiary/aromatic N) is 4. The van der Waals surface area contributed by atoms with Crippen LogP contribution in [0.1, 0.15) is 37.3 Å². The van der Waals surface area contributed by atoms with Crippen LogP contribution >= 0.6 is 0 Å². The molecule has 0 radical (unpaired) electrons. The zero-order chi connectivity index (χ0) is 26.5. The quantitative estimate of drug-likeness (QED) is 0.359. The standard InChI is InChI=1S/C29H31N5O4/c1-37-25-18-10-15-22(28(25)38-2)27(29(36)30-20-11-6-7-12-20)34(21-13-4-3-5-14-21)26(35)19-33-24-17-9-8-16-23(24)31-32-33/h3-5,8-10,13-18,20,27H,6-7,11-12,19H2,1-2H3,(H,30,36). The molecule has 0 aliphatic heterocycles. The van der Waals surface area contributed by atoms with Crippen LogP contribution in [0.2, 0.25) is 0 Å². The number of benzene rings is 3. The van der Waals surface area contributed by atoms with Gasteiger partial charge in [0.05, 0.1) is 19.7 Å². The molecule has 9 heteroatoms. The molecule has 0 saturated heterocycles. The Morgan fingerprint density at radius 2 is 1.71 bits per heavy atom. The molecule has 1 aliphatic rings. The van der Waals surface area contributed by atoms with Gasteiger partial charge in [-0.05, 0) is 43.2 Å². The van der Waals surface area contributed by atoms with Crippen LogP contribution < -0.4 is 19.7 Å². The van der Waals surface area contributed by atoms with Gasteiger partial charge in [0.25, 0.3) is 0 Å². The van der Waals surface area contributed by atoms with Gasteiger partial charge < -0.3 is 14.8 Å². The Hall–Kier alpha value is -4.40. The molecule has 196 valence electrons. The van der Waals surface area contributed by atoms with E-state index in [9.17, 15) is 9.59 Å². The Morgan fingerprint density at radius 1 is 0.974 bits per heavy atom. The van der Waals surface area contributed by atoms with E-state index in [1.807, 2.05) is 54.6 Å². The maximum Gasteiger partial charge on any atom is 0.249 e. The summed E-state index contributed by atoms with van der Waals surface area (Å²) in [5.74, 6) is 0.292. The van der Waals surface area contributed by atoms with Crippen LogP contribution in [0.5, 0.6) is 11.5 Å². The van der Waals surface area contributed by atoms with Crippen LogP contribution in [-0.2, 0) is 16.1 Å². The average molecular weight is 514 g/mol. The van der Waals surface area contributed by atoms with Gasteiger partial charge in [0.15, 0.2) is 11.5 Å². The van der Waals surface area contributed by atoms with Crippen LogP contribution in [0.25, 0.3) is 11.0 Å². The first-order valence-electron chi connectivity index (χ1n) is 12.8. The molecule has 1 aromatic heterocycles. The van der Waals surface area contributed by atoms with Crippen LogP contribution in [-0.4, -0.2) is 47.1 Å². The van der Waals surface area contributed by atoms with E-state index in [2.05, 4.69) is 15.6 Å². The van der Waals surface area contributed by atoms with E-state index < -0.39 is 6.04 Å². The van der Waals surface area contributed by atoms with Gasteiger partial charge in [0.2, 0.25) is 11.8 Å². The van der Waals surface area contributed by atoms with Gasteiger partial charge in [-0.1, -0.05) is 60.5 Å². The third-order valence-corrected chi connectivity index (χ3v) is 6.94. The molecule has 5 rings (SSSR count). The SMILES string of the molecule is COc1cccc(C(C(=O)NC2CCCC2)N(C(=O)Cn2nnc3ccccc32)c2ccccc2)c1OC. The van der Waals surface area contributed by atoms with Crippen LogP contribution in [0.15, 0.2) is 72.8 Å². The second-order valence-corrected chi connectivity index (χ2v) is 9.31. The minimum Gasteiger partial charge on any atom is -0.493 e. The third kappa shape index (κ3) is 5.04. The van der Waals surface area contributed by atoms with Crippen molar-refractivity contribution in [2.45, 2.75) is 44.3 Å². The molecule has 1 saturated carbocycles. The predicted molar refractivity (Wildman–Crippen MR) is 144 cm³/mol. The highest BCUT2D eigenvalue weighted by molar-refractivity contribution is 6.02. The largest absolute Gasteiger partial charge is 0.493 e. The van der Waals surface area contributed by atoms with Crippen molar-refractivity contribution in [2.24, 2.45) is 0 Å². The number of carbonyl (C=O) groups is 2. The van der Waals surface area contributed by atoms with Gasteiger partial charge in [-0.25, -0.2) is 4.68 Å². The fraction of sp³-hybridized carbons (Fsp3) is 0.310. The number of hydrogen-bond donors (Lipinski definition) is 1. The molecule has 0 bridgehead atoms. The van der Waals surface area contributed by atoms with E-state index in [4.69, 9.17) is 9.47 Å². The summed E-state index contributed by atoms with van der Waals surface area (Å²) in [6, 6.07) is 21.1. The molecular formula is C29H31N5O4. The van der Waals surface area contributed by atoms with Crippen molar-refractivity contribution in [3.05, 3.63) is 78.4 Å². The molecule has 4 aromatic rings. The Balaban J connectivity index is 1.61. The van der Waals surface area contributed by atoms with Crippen molar-refractivity contribution < 1.29 is 19.1 Å². The van der Waals surface area contributed by atoms with E-state index in [-0.39, 0.29) is 24.4 Å². The maximum absolute atomic E-state index is 14.2. The lowest BCUT2D eigenvalue weighted by molar-refractivity contribution is -0.127. The van der Waals surface area contributed by atoms with E-state index >= 15 is 0 Å². The second kappa shape index (κ2) is 11.3. The lowest BCUT2D eigenvalue weighted by atomic mass is 10.0. The van der Waals surface area contributed by atoms with Gasteiger partial charge >= 0.3 is 0 Å². The highest BCUT2D eigenvalue weighted by Gasteiger charge is 2.37. The first-order chi connectivity index (χ1) is 18.6. The Labute approximate surface area is 221 Å². The number of carbonyl (C=O) groups excluding carboxylic acids is 2. The Bertz CT molecular complexity index is 1420. The minimum absolute atomic E-state index is 0.0635. The summed E-state index contributed by atoms with van der Waals surface area (Å²) in [6.45, 7) is -0.102. The van der Waals surface area contributed by atoms with Crippen molar-refractivity contribution in [1.29, 1.82) is 0 Å². The predicted octanol–water partition coefficient (Wildman–Crippen LogP) is 4.28. The second-order valence-electron chi connectivity index (χ2n) is 9.31. The Morgan fingerprint density at radius 3 is 2.45 bits per heavy atom. The molecule has 1 unspecified atom stereocenters. The van der Waals surface area contributed by atoms with Gasteiger partial charge in [-0.3, -0.25) is 14.5 Å². The van der Waals surface area contributed by atoms with Gasteiger partial charge in [-0.15, -0.1) is 5.10 Å². The number of amides is 2. The number of methoxy groups -OCH3 is 2. The lowest BCUT2D eigenvalue weighted by Crippen LogP contribution is -2.47. The summed E-state index contributed by atoms with van der Waals surface area (Å²) >= 11 is 0. The van der Waals surface area contributed by atoms with Crippen molar-refractivity contribution in [3.63, 3.8) is 0 Å². The van der Waals surface area contributed by atoms with Crippen LogP contribution in [0, 0.1) is 0 Å². The third-order valence-electron chi connectivity index (χ3n) is 6.94. The first-order valence-corrected chi connectivity index (χ1v) is 12.8. The molecular weight excluding hydrogens is 482 g/mol. The van der Waals surface area contributed by atoms with Crippen molar-refractivity contribution >= 4 is 28.5 Å². The summed E-state index contributed by atoms with van der Waals surface area (Å²) in [5.41, 5.74) is 2.54. The normalized spacial score (nSPS) is 14.3. The number of rotatable bonds is 9. The smallest absolute Gasteiger partial charge is 0.249 e. The molecule has 38 heavy (non-hydrogen) atoms. The summed E-state index contributed by atoms with van der Waals surface area (Å²) in [5, 5.41) is 11.6. The Kier molecular flexibility index (Phi) is 7.53. The average Bonchev–Trinajstić information content (AvgIpc) is 3.61. The number of fused-ring (bicyclic) bond motifs is 1. The topological polar surface area (TPSA) is 98.6 Å². The zero-order valence-electron chi connectivity index (χ0n) is 21.5. The number of aromatic nitrogens is 3. The zero-order valence-corrected chi connectivity index (χ0v) is 21.5. The maximum atomic E-state index is 14.2. The molecule has 3 aromatic carbocycles. The molecule has 1 fully saturated rings. The summed E-state index contributed by atoms with van der Waals surface area (Å²) in [7, 11) is 3.08. The van der Waals surface area contributed by atoms with Gasteiger partial charge in [0, 0.05) is 17.3 Å². The fourth-order valence-corrected chi connectivity index (χ4v) is 5.14. The lowest BCUT2D eigenvalue weighted by Gasteiger charge is -2.33. The van der Waals surface area contributed by atoms with Crippen LogP contribution in [0.4, 0.5) is 5.69 Å². The number of anilines is 1. The molecule has 1 heterocycles. The fourth-order valence-electron chi connectivity index (χ4n) is 5.14. The summed E-state index contributed by atoms with van der Waals surface area (Å²) in [4.78, 5) is 29.7. The highest BCUT2D eigenvalue weighted by Crippen LogP contribution is 2.39. The number of nitrogens with one attached hydrogen (secondary N) is 1. The number of ether oxygens (including phenoxy) is 2. The minimum atomic E-state index is -1.01. The molecule has 1 N–H and O–H groups in total. The van der Waals surface area contributed by atoms with Crippen LogP contribution in [0.3, 0.4) is 0 Å². The van der Waals surface area contributed by atoms with E-state index in [0.29, 0.717) is 28.3 Å². The van der Waals surface area contributed by atoms with E-state index in [1.54, 1.807) is 30.0 Å². The first kappa shape index (κ1) is 25.3. The van der Waals surface area contributed by atoms with E-state index in [1.165, 1.54) is 12.0 Å². The van der Waals surface area contributed by atoms with Crippen molar-refractivity contribution in [1.82, 2.24) is 20.3 Å². The van der Waals surface area contributed by atoms with Crippen molar-refractivity contribution in [3.8, 4) is 11.5 Å². The number of para-hydroxylation sites is 3. The molecule has 1 aliphatic carbocycles. The summed E-state index contributed by atoms with van der Waals surface area (Å²) in [6.07, 6.45) is 3.97. The molecule has 9 nitrogen and oxygen atoms in total. The summed E-state index contributed by atoms with van der Waals surface area (Å²) < 4.78 is 12.8.